The van der Waals surface area contributed by atoms with Gasteiger partial charge in [-0.15, -0.1) is 0 Å². The van der Waals surface area contributed by atoms with Gasteiger partial charge in [0.05, 0.1) is 12.6 Å². The summed E-state index contributed by atoms with van der Waals surface area (Å²) in [7, 11) is 0. The fraction of sp³-hybridized carbons (Fsp3) is 0.429. The van der Waals surface area contributed by atoms with Gasteiger partial charge in [-0.3, -0.25) is 0 Å². The molecule has 3 heteroatoms. The van der Waals surface area contributed by atoms with Crippen LogP contribution in [0.1, 0.15) is 25.7 Å². The number of rotatable bonds is 6. The molecule has 0 bridgehead atoms. The van der Waals surface area contributed by atoms with Crippen LogP contribution in [-0.2, 0) is 0 Å². The third kappa shape index (κ3) is 4.83. The lowest BCUT2D eigenvalue weighted by atomic mass is 10.2. The first-order valence-electron chi connectivity index (χ1n) is 9.11. The maximum atomic E-state index is 10.7. The van der Waals surface area contributed by atoms with E-state index in [1.165, 1.54) is 25.7 Å². The van der Waals surface area contributed by atoms with Gasteiger partial charge in [0, 0.05) is 17.9 Å². The molecule has 1 saturated heterocycles. The van der Waals surface area contributed by atoms with E-state index >= 15 is 0 Å². The van der Waals surface area contributed by atoms with Crippen LogP contribution in [0.2, 0.25) is 0 Å². The number of aliphatic hydroxyl groups is 1. The van der Waals surface area contributed by atoms with E-state index in [0.717, 1.165) is 31.0 Å². The first kappa shape index (κ1) is 17.0. The van der Waals surface area contributed by atoms with Gasteiger partial charge >= 0.3 is 0 Å². The lowest BCUT2D eigenvalue weighted by Crippen LogP contribution is -2.39. The van der Waals surface area contributed by atoms with E-state index in [9.17, 15) is 5.11 Å². The highest BCUT2D eigenvalue weighted by Crippen LogP contribution is 2.25. The molecule has 3 nitrogen and oxygen atoms in total. The van der Waals surface area contributed by atoms with Crippen LogP contribution in [0.15, 0.2) is 60.7 Å². The molecule has 24 heavy (non-hydrogen) atoms. The monoisotopic (exact) mass is 324 g/mol. The van der Waals surface area contributed by atoms with Gasteiger partial charge in [-0.1, -0.05) is 49.2 Å². The Kier molecular flexibility index (Phi) is 6.27. The fourth-order valence-corrected chi connectivity index (χ4v) is 3.46. The van der Waals surface area contributed by atoms with E-state index in [-0.39, 0.29) is 6.10 Å². The molecule has 1 heterocycles. The van der Waals surface area contributed by atoms with E-state index in [0.29, 0.717) is 6.54 Å². The minimum atomic E-state index is -0.358. The third-order valence-corrected chi connectivity index (χ3v) is 4.70. The Morgan fingerprint density at radius 1 is 0.792 bits per heavy atom. The molecule has 0 aliphatic carbocycles. The van der Waals surface area contributed by atoms with Gasteiger partial charge in [-0.25, -0.2) is 0 Å². The number of likely N-dealkylation sites (tertiary alicyclic amines) is 1. The van der Waals surface area contributed by atoms with Crippen molar-refractivity contribution >= 4 is 11.4 Å². The van der Waals surface area contributed by atoms with Crippen molar-refractivity contribution in [3.8, 4) is 0 Å². The third-order valence-electron chi connectivity index (χ3n) is 4.70. The second-order valence-electron chi connectivity index (χ2n) is 6.65. The molecule has 0 unspecified atom stereocenters. The predicted molar refractivity (Wildman–Crippen MR) is 101 cm³/mol. The highest BCUT2D eigenvalue weighted by Gasteiger charge is 2.18. The summed E-state index contributed by atoms with van der Waals surface area (Å²) in [6.07, 6.45) is 4.81. The minimum absolute atomic E-state index is 0.358. The van der Waals surface area contributed by atoms with Crippen molar-refractivity contribution in [2.24, 2.45) is 0 Å². The smallest absolute Gasteiger partial charge is 0.0845 e. The molecule has 1 atom stereocenters. The van der Waals surface area contributed by atoms with Crippen LogP contribution < -0.4 is 4.90 Å². The van der Waals surface area contributed by atoms with Crippen LogP contribution in [0.4, 0.5) is 11.4 Å². The first-order chi connectivity index (χ1) is 11.8. The topological polar surface area (TPSA) is 26.7 Å². The summed E-state index contributed by atoms with van der Waals surface area (Å²) in [6, 6.07) is 20.7. The van der Waals surface area contributed by atoms with Crippen LogP contribution in [0.5, 0.6) is 0 Å². The number of β-amino-alcohol motifs (C(OH)–C–C–N with tert-alkyl or cyclic N) is 1. The standard InChI is InChI=1S/C21H28N2O/c24-21(17-22-15-9-1-2-10-16-22)18-23(19-11-5-3-6-12-19)20-13-7-4-8-14-20/h3-8,11-14,21,24H,1-2,9-10,15-18H2/t21-/m0/s1. The Morgan fingerprint density at radius 2 is 1.29 bits per heavy atom. The van der Waals surface area contributed by atoms with Crippen LogP contribution in [0.3, 0.4) is 0 Å². The number of aliphatic hydroxyl groups excluding tert-OH is 1. The Morgan fingerprint density at radius 3 is 1.79 bits per heavy atom. The summed E-state index contributed by atoms with van der Waals surface area (Å²) in [6.45, 7) is 3.61. The molecule has 1 aliphatic rings. The molecule has 0 spiro atoms. The molecule has 2 aromatic rings. The van der Waals surface area contributed by atoms with E-state index < -0.39 is 0 Å². The van der Waals surface area contributed by atoms with Crippen molar-refractivity contribution in [1.29, 1.82) is 0 Å². The number of benzene rings is 2. The Bertz CT molecular complexity index is 540. The van der Waals surface area contributed by atoms with Crippen molar-refractivity contribution in [3.63, 3.8) is 0 Å². The SMILES string of the molecule is O[C@@H](CN1CCCCCC1)CN(c1ccccc1)c1ccccc1. The van der Waals surface area contributed by atoms with Gasteiger partial charge in [-0.2, -0.15) is 0 Å². The summed E-state index contributed by atoms with van der Waals surface area (Å²) in [5.74, 6) is 0. The molecule has 3 rings (SSSR count). The van der Waals surface area contributed by atoms with Crippen molar-refractivity contribution in [1.82, 2.24) is 4.90 Å². The lowest BCUT2D eigenvalue weighted by Gasteiger charge is -2.30. The highest BCUT2D eigenvalue weighted by atomic mass is 16.3. The van der Waals surface area contributed by atoms with Crippen molar-refractivity contribution in [2.75, 3.05) is 31.1 Å². The number of anilines is 2. The lowest BCUT2D eigenvalue weighted by molar-refractivity contribution is 0.120. The molecule has 0 amide bonds. The summed E-state index contributed by atoms with van der Waals surface area (Å²) in [5, 5.41) is 10.7. The summed E-state index contributed by atoms with van der Waals surface area (Å²) < 4.78 is 0. The van der Waals surface area contributed by atoms with Crippen LogP contribution >= 0.6 is 0 Å². The zero-order valence-corrected chi connectivity index (χ0v) is 14.3. The molecule has 0 radical (unpaired) electrons. The van der Waals surface area contributed by atoms with Gasteiger partial charge in [0.1, 0.15) is 0 Å². The normalized spacial score (nSPS) is 17.2. The van der Waals surface area contributed by atoms with Crippen molar-refractivity contribution < 1.29 is 5.11 Å². The van der Waals surface area contributed by atoms with E-state index in [2.05, 4.69) is 34.1 Å². The summed E-state index contributed by atoms with van der Waals surface area (Å²) >= 11 is 0. The first-order valence-corrected chi connectivity index (χ1v) is 9.11. The number of hydrogen-bond acceptors (Lipinski definition) is 3. The summed E-state index contributed by atoms with van der Waals surface area (Å²) in [4.78, 5) is 4.63. The molecule has 1 fully saturated rings. The molecule has 2 aromatic carbocycles. The fourth-order valence-electron chi connectivity index (χ4n) is 3.46. The van der Waals surface area contributed by atoms with Crippen LogP contribution in [0.25, 0.3) is 0 Å². The molecular formula is C21H28N2O. The van der Waals surface area contributed by atoms with Crippen LogP contribution in [-0.4, -0.2) is 42.3 Å². The van der Waals surface area contributed by atoms with Gasteiger partial charge in [0.25, 0.3) is 0 Å². The zero-order chi connectivity index (χ0) is 16.6. The number of hydrogen-bond donors (Lipinski definition) is 1. The van der Waals surface area contributed by atoms with E-state index in [1.807, 2.05) is 36.4 Å². The van der Waals surface area contributed by atoms with Gasteiger partial charge in [0.15, 0.2) is 0 Å². The molecule has 1 N–H and O–H groups in total. The Labute approximate surface area is 145 Å². The largest absolute Gasteiger partial charge is 0.390 e. The number of nitrogens with zero attached hydrogens (tertiary/aromatic N) is 2. The Balaban J connectivity index is 1.69. The number of para-hydroxylation sites is 2. The van der Waals surface area contributed by atoms with Gasteiger partial charge in [0.2, 0.25) is 0 Å². The second kappa shape index (κ2) is 8.86. The molecule has 0 aromatic heterocycles. The maximum absolute atomic E-state index is 10.7. The van der Waals surface area contributed by atoms with Crippen molar-refractivity contribution in [3.05, 3.63) is 60.7 Å². The molecular weight excluding hydrogens is 296 g/mol. The van der Waals surface area contributed by atoms with E-state index in [4.69, 9.17) is 0 Å². The highest BCUT2D eigenvalue weighted by molar-refractivity contribution is 5.63. The minimum Gasteiger partial charge on any atom is -0.390 e. The molecule has 0 saturated carbocycles. The average molecular weight is 324 g/mol. The maximum Gasteiger partial charge on any atom is 0.0845 e. The van der Waals surface area contributed by atoms with Crippen LogP contribution in [0, 0.1) is 0 Å². The second-order valence-corrected chi connectivity index (χ2v) is 6.65. The zero-order valence-electron chi connectivity index (χ0n) is 14.3. The quantitative estimate of drug-likeness (QED) is 0.868. The van der Waals surface area contributed by atoms with Gasteiger partial charge in [-0.05, 0) is 50.2 Å². The average Bonchev–Trinajstić information content (AvgIpc) is 2.90. The molecule has 128 valence electrons. The molecule has 1 aliphatic heterocycles. The van der Waals surface area contributed by atoms with Crippen molar-refractivity contribution in [2.45, 2.75) is 31.8 Å². The van der Waals surface area contributed by atoms with Gasteiger partial charge < -0.3 is 14.9 Å². The Hall–Kier alpha value is -1.84. The summed E-state index contributed by atoms with van der Waals surface area (Å²) in [5.41, 5.74) is 2.25. The predicted octanol–water partition coefficient (Wildman–Crippen LogP) is 4.06. The van der Waals surface area contributed by atoms with E-state index in [1.54, 1.807) is 0 Å².